The van der Waals surface area contributed by atoms with Gasteiger partial charge in [-0.2, -0.15) is 0 Å². The van der Waals surface area contributed by atoms with Crippen molar-refractivity contribution < 1.29 is 13.5 Å². The van der Waals surface area contributed by atoms with Gasteiger partial charge in [-0.3, -0.25) is 4.90 Å². The minimum atomic E-state index is -2.98. The molecule has 1 saturated heterocycles. The van der Waals surface area contributed by atoms with Gasteiger partial charge in [0.1, 0.15) is 0 Å². The summed E-state index contributed by atoms with van der Waals surface area (Å²) in [6.07, 6.45) is 3.63. The molecule has 1 aliphatic heterocycles. The van der Waals surface area contributed by atoms with Gasteiger partial charge in [-0.25, -0.2) is 8.42 Å². The first-order valence-electron chi connectivity index (χ1n) is 7.02. The van der Waals surface area contributed by atoms with Crippen molar-refractivity contribution in [2.24, 2.45) is 0 Å². The lowest BCUT2D eigenvalue weighted by molar-refractivity contribution is 0.0275. The molecule has 1 rings (SSSR count). The van der Waals surface area contributed by atoms with Gasteiger partial charge in [-0.1, -0.05) is 13.3 Å². The van der Waals surface area contributed by atoms with Crippen LogP contribution in [-0.4, -0.2) is 54.7 Å². The lowest BCUT2D eigenvalue weighted by Crippen LogP contribution is -2.48. The highest BCUT2D eigenvalue weighted by molar-refractivity contribution is 7.92. The van der Waals surface area contributed by atoms with E-state index >= 15 is 0 Å². The second kappa shape index (κ2) is 6.87. The molecule has 0 aromatic heterocycles. The van der Waals surface area contributed by atoms with Crippen molar-refractivity contribution in [3.8, 4) is 0 Å². The van der Waals surface area contributed by atoms with Gasteiger partial charge in [0, 0.05) is 12.6 Å². The number of aliphatic hydroxyl groups is 1. The molecular formula is C13H27NO3S. The zero-order chi connectivity index (χ0) is 13.8. The standard InChI is InChI=1S/C13H27NO3S/c1-4-13(15)12-7-5-6-8-14(12)9-10-18(16,17)11(2)3/h11-13,15H,4-10H2,1-3H3/t12-,13-/m0/s1. The zero-order valence-corrected chi connectivity index (χ0v) is 12.6. The van der Waals surface area contributed by atoms with E-state index in [-0.39, 0.29) is 23.1 Å². The largest absolute Gasteiger partial charge is 0.392 e. The highest BCUT2D eigenvalue weighted by Crippen LogP contribution is 2.21. The molecule has 0 saturated carbocycles. The Balaban J connectivity index is 2.58. The summed E-state index contributed by atoms with van der Waals surface area (Å²) in [5.74, 6) is 0.206. The van der Waals surface area contributed by atoms with Crippen molar-refractivity contribution in [2.45, 2.75) is 63.9 Å². The fraction of sp³-hybridized carbons (Fsp3) is 1.00. The second-order valence-electron chi connectivity index (χ2n) is 5.49. The third-order valence-corrected chi connectivity index (χ3v) is 6.10. The molecule has 0 aromatic carbocycles. The van der Waals surface area contributed by atoms with Crippen LogP contribution >= 0.6 is 0 Å². The van der Waals surface area contributed by atoms with E-state index < -0.39 is 9.84 Å². The zero-order valence-electron chi connectivity index (χ0n) is 11.8. The first-order valence-corrected chi connectivity index (χ1v) is 8.73. The molecule has 2 atom stereocenters. The molecule has 18 heavy (non-hydrogen) atoms. The number of rotatable bonds is 6. The Hall–Kier alpha value is -0.130. The predicted octanol–water partition coefficient (Wildman–Crippen LogP) is 1.44. The van der Waals surface area contributed by atoms with Crippen LogP contribution in [0.25, 0.3) is 0 Å². The number of sulfone groups is 1. The topological polar surface area (TPSA) is 57.6 Å². The minimum Gasteiger partial charge on any atom is -0.392 e. The Morgan fingerprint density at radius 2 is 2.00 bits per heavy atom. The van der Waals surface area contributed by atoms with Crippen molar-refractivity contribution in [1.82, 2.24) is 4.90 Å². The van der Waals surface area contributed by atoms with Crippen LogP contribution in [0.4, 0.5) is 0 Å². The summed E-state index contributed by atoms with van der Waals surface area (Å²) < 4.78 is 23.7. The maximum absolute atomic E-state index is 11.8. The normalized spacial score (nSPS) is 24.4. The molecule has 108 valence electrons. The molecule has 5 heteroatoms. The summed E-state index contributed by atoms with van der Waals surface area (Å²) in [5, 5.41) is 9.69. The van der Waals surface area contributed by atoms with Crippen molar-refractivity contribution >= 4 is 9.84 Å². The minimum absolute atomic E-state index is 0.145. The molecule has 0 radical (unpaired) electrons. The van der Waals surface area contributed by atoms with Gasteiger partial charge in [0.15, 0.2) is 9.84 Å². The van der Waals surface area contributed by atoms with Crippen LogP contribution < -0.4 is 0 Å². The van der Waals surface area contributed by atoms with Gasteiger partial charge >= 0.3 is 0 Å². The molecule has 1 N–H and O–H groups in total. The molecule has 1 fully saturated rings. The summed E-state index contributed by atoms with van der Waals surface area (Å²) in [7, 11) is -2.98. The van der Waals surface area contributed by atoms with E-state index in [1.807, 2.05) is 6.92 Å². The molecule has 4 nitrogen and oxygen atoms in total. The number of hydrogen-bond acceptors (Lipinski definition) is 4. The van der Waals surface area contributed by atoms with Gasteiger partial charge in [-0.05, 0) is 39.7 Å². The lowest BCUT2D eigenvalue weighted by Gasteiger charge is -2.38. The van der Waals surface area contributed by atoms with Gasteiger partial charge in [0.2, 0.25) is 0 Å². The van der Waals surface area contributed by atoms with E-state index in [1.165, 1.54) is 0 Å². The highest BCUT2D eigenvalue weighted by Gasteiger charge is 2.29. The van der Waals surface area contributed by atoms with E-state index in [0.717, 1.165) is 32.2 Å². The molecule has 1 aliphatic rings. The van der Waals surface area contributed by atoms with Crippen LogP contribution in [0.1, 0.15) is 46.5 Å². The van der Waals surface area contributed by atoms with Gasteiger partial charge in [-0.15, -0.1) is 0 Å². The Morgan fingerprint density at radius 3 is 2.56 bits per heavy atom. The van der Waals surface area contributed by atoms with E-state index in [9.17, 15) is 13.5 Å². The summed E-state index contributed by atoms with van der Waals surface area (Å²) in [5.41, 5.74) is 0. The summed E-state index contributed by atoms with van der Waals surface area (Å²) in [6, 6.07) is 0.145. The van der Waals surface area contributed by atoms with Crippen LogP contribution in [0, 0.1) is 0 Å². The second-order valence-corrected chi connectivity index (χ2v) is 8.17. The van der Waals surface area contributed by atoms with E-state index in [2.05, 4.69) is 4.90 Å². The Labute approximate surface area is 111 Å². The molecule has 0 spiro atoms. The van der Waals surface area contributed by atoms with Crippen LogP contribution in [-0.2, 0) is 9.84 Å². The van der Waals surface area contributed by atoms with Crippen molar-refractivity contribution in [3.63, 3.8) is 0 Å². The monoisotopic (exact) mass is 277 g/mol. The predicted molar refractivity (Wildman–Crippen MR) is 74.4 cm³/mol. The fourth-order valence-corrected chi connectivity index (χ4v) is 3.44. The average molecular weight is 277 g/mol. The van der Waals surface area contributed by atoms with Gasteiger partial charge in [0.05, 0.1) is 17.1 Å². The smallest absolute Gasteiger partial charge is 0.153 e. The fourth-order valence-electron chi connectivity index (χ4n) is 2.48. The van der Waals surface area contributed by atoms with Gasteiger partial charge in [0.25, 0.3) is 0 Å². The third kappa shape index (κ3) is 4.21. The first-order chi connectivity index (χ1) is 8.38. The summed E-state index contributed by atoms with van der Waals surface area (Å²) in [4.78, 5) is 2.16. The third-order valence-electron chi connectivity index (χ3n) is 3.91. The number of likely N-dealkylation sites (tertiary alicyclic amines) is 1. The molecule has 0 unspecified atom stereocenters. The molecule has 0 bridgehead atoms. The van der Waals surface area contributed by atoms with Crippen LogP contribution in [0.2, 0.25) is 0 Å². The molecule has 0 aliphatic carbocycles. The van der Waals surface area contributed by atoms with Crippen LogP contribution in [0.15, 0.2) is 0 Å². The lowest BCUT2D eigenvalue weighted by atomic mass is 9.96. The Bertz CT molecular complexity index is 340. The highest BCUT2D eigenvalue weighted by atomic mass is 32.2. The van der Waals surface area contributed by atoms with Crippen molar-refractivity contribution in [3.05, 3.63) is 0 Å². The molecule has 1 heterocycles. The molecule has 0 amide bonds. The number of piperidine rings is 1. The number of hydrogen-bond donors (Lipinski definition) is 1. The first kappa shape index (κ1) is 15.9. The molecule has 0 aromatic rings. The van der Waals surface area contributed by atoms with Crippen molar-refractivity contribution in [1.29, 1.82) is 0 Å². The number of aliphatic hydroxyl groups excluding tert-OH is 1. The maximum Gasteiger partial charge on any atom is 0.153 e. The quantitative estimate of drug-likeness (QED) is 0.798. The summed E-state index contributed by atoms with van der Waals surface area (Å²) >= 11 is 0. The van der Waals surface area contributed by atoms with Crippen LogP contribution in [0.3, 0.4) is 0 Å². The van der Waals surface area contributed by atoms with E-state index in [4.69, 9.17) is 0 Å². The van der Waals surface area contributed by atoms with E-state index in [1.54, 1.807) is 13.8 Å². The summed E-state index contributed by atoms with van der Waals surface area (Å²) in [6.45, 7) is 6.90. The van der Waals surface area contributed by atoms with Crippen LogP contribution in [0.5, 0.6) is 0 Å². The average Bonchev–Trinajstić information content (AvgIpc) is 2.35. The SMILES string of the molecule is CC[C@H](O)[C@@H]1CCCCN1CCS(=O)(=O)C(C)C. The Morgan fingerprint density at radius 1 is 1.33 bits per heavy atom. The Kier molecular flexibility index (Phi) is 6.08. The number of nitrogens with zero attached hydrogens (tertiary/aromatic N) is 1. The van der Waals surface area contributed by atoms with Gasteiger partial charge < -0.3 is 5.11 Å². The maximum atomic E-state index is 11.8. The van der Waals surface area contributed by atoms with Crippen molar-refractivity contribution in [2.75, 3.05) is 18.8 Å². The molecular weight excluding hydrogens is 250 g/mol. The van der Waals surface area contributed by atoms with E-state index in [0.29, 0.717) is 6.54 Å².